The largest absolute Gasteiger partial charge is 0.493 e. The Morgan fingerprint density at radius 2 is 2.00 bits per heavy atom. The van der Waals surface area contributed by atoms with Gasteiger partial charge in [-0.3, -0.25) is 0 Å². The number of rotatable bonds is 8. The maximum atomic E-state index is 11.7. The van der Waals surface area contributed by atoms with E-state index in [-0.39, 0.29) is 12.1 Å². The molecule has 0 aromatic heterocycles. The molecule has 0 saturated carbocycles. The van der Waals surface area contributed by atoms with Crippen molar-refractivity contribution < 1.29 is 24.1 Å². The van der Waals surface area contributed by atoms with Crippen molar-refractivity contribution in [1.29, 1.82) is 0 Å². The Kier molecular flexibility index (Phi) is 7.32. The van der Waals surface area contributed by atoms with Crippen LogP contribution in [-0.2, 0) is 4.74 Å². The number of aliphatic hydroxyl groups excluding tert-OH is 1. The van der Waals surface area contributed by atoms with Gasteiger partial charge in [-0.2, -0.15) is 0 Å². The van der Waals surface area contributed by atoms with Gasteiger partial charge in [0.1, 0.15) is 12.7 Å². The average molecular weight is 325 g/mol. The summed E-state index contributed by atoms with van der Waals surface area (Å²) in [7, 11) is 1.49. The van der Waals surface area contributed by atoms with E-state index < -0.39 is 12.1 Å². The first-order valence-corrected chi connectivity index (χ1v) is 7.68. The number of hydrogen-bond acceptors (Lipinski definition) is 6. The molecular weight excluding hydrogens is 298 g/mol. The summed E-state index contributed by atoms with van der Waals surface area (Å²) in [6, 6.07) is 4.80. The molecule has 0 spiro atoms. The number of hydrogen-bond donors (Lipinski definition) is 2. The van der Waals surface area contributed by atoms with Crippen LogP contribution in [0.25, 0.3) is 0 Å². The molecule has 0 bridgehead atoms. The highest BCUT2D eigenvalue weighted by atomic mass is 16.5. The van der Waals surface area contributed by atoms with E-state index in [4.69, 9.17) is 14.2 Å². The van der Waals surface area contributed by atoms with Gasteiger partial charge in [-0.25, -0.2) is 4.79 Å². The van der Waals surface area contributed by atoms with Crippen molar-refractivity contribution in [3.8, 4) is 11.5 Å². The zero-order valence-electron chi connectivity index (χ0n) is 14.5. The Morgan fingerprint density at radius 1 is 1.30 bits per heavy atom. The predicted octanol–water partition coefficient (Wildman–Crippen LogP) is 2.00. The summed E-state index contributed by atoms with van der Waals surface area (Å²) >= 11 is 0. The van der Waals surface area contributed by atoms with Crippen molar-refractivity contribution in [2.24, 2.45) is 0 Å². The lowest BCUT2D eigenvalue weighted by molar-refractivity contribution is 0.0525. The van der Waals surface area contributed by atoms with Gasteiger partial charge >= 0.3 is 5.97 Å². The van der Waals surface area contributed by atoms with Gasteiger partial charge in [0.05, 0.1) is 19.3 Å². The Morgan fingerprint density at radius 3 is 2.57 bits per heavy atom. The fraction of sp³-hybridized carbons (Fsp3) is 0.588. The van der Waals surface area contributed by atoms with Crippen molar-refractivity contribution in [1.82, 2.24) is 5.32 Å². The van der Waals surface area contributed by atoms with Crippen LogP contribution in [0, 0.1) is 0 Å². The molecule has 1 aromatic rings. The summed E-state index contributed by atoms with van der Waals surface area (Å²) in [6.45, 7) is 8.68. The van der Waals surface area contributed by atoms with Crippen molar-refractivity contribution in [2.45, 2.75) is 39.3 Å². The van der Waals surface area contributed by atoms with Gasteiger partial charge in [-0.15, -0.1) is 0 Å². The molecule has 6 heteroatoms. The van der Waals surface area contributed by atoms with Crippen molar-refractivity contribution in [3.05, 3.63) is 23.8 Å². The zero-order valence-corrected chi connectivity index (χ0v) is 14.5. The summed E-state index contributed by atoms with van der Waals surface area (Å²) in [4.78, 5) is 11.7. The van der Waals surface area contributed by atoms with Gasteiger partial charge < -0.3 is 24.6 Å². The third-order valence-corrected chi connectivity index (χ3v) is 2.97. The zero-order chi connectivity index (χ0) is 17.5. The summed E-state index contributed by atoms with van der Waals surface area (Å²) in [5.74, 6) is 0.480. The number of ether oxygens (including phenoxy) is 3. The SMILES string of the molecule is CCOC(=O)c1ccc(OCC(O)CNC(C)(C)C)c(OC)c1. The van der Waals surface area contributed by atoms with E-state index in [1.807, 2.05) is 20.8 Å². The van der Waals surface area contributed by atoms with Crippen LogP contribution in [0.4, 0.5) is 0 Å². The summed E-state index contributed by atoms with van der Waals surface area (Å²) in [5, 5.41) is 13.1. The lowest BCUT2D eigenvalue weighted by Crippen LogP contribution is -2.42. The van der Waals surface area contributed by atoms with Crippen LogP contribution in [0.2, 0.25) is 0 Å². The second-order valence-corrected chi connectivity index (χ2v) is 6.18. The standard InChI is InChI=1S/C17H27NO5/c1-6-22-16(20)12-7-8-14(15(9-12)21-5)23-11-13(19)10-18-17(2,3)4/h7-9,13,18-19H,6,10-11H2,1-5H3. The number of carbonyl (C=O) groups excluding carboxylic acids is 1. The highest BCUT2D eigenvalue weighted by molar-refractivity contribution is 5.90. The second kappa shape index (κ2) is 8.74. The van der Waals surface area contributed by atoms with Crippen LogP contribution in [0.3, 0.4) is 0 Å². The van der Waals surface area contributed by atoms with Crippen molar-refractivity contribution >= 4 is 5.97 Å². The average Bonchev–Trinajstić information content (AvgIpc) is 2.50. The Labute approximate surface area is 137 Å². The molecule has 1 unspecified atom stereocenters. The fourth-order valence-electron chi connectivity index (χ4n) is 1.80. The third kappa shape index (κ3) is 6.88. The van der Waals surface area contributed by atoms with E-state index in [2.05, 4.69) is 5.32 Å². The van der Waals surface area contributed by atoms with Crippen LogP contribution >= 0.6 is 0 Å². The van der Waals surface area contributed by atoms with Crippen molar-refractivity contribution in [3.63, 3.8) is 0 Å². The Balaban J connectivity index is 2.64. The van der Waals surface area contributed by atoms with E-state index in [0.29, 0.717) is 30.2 Å². The first-order valence-electron chi connectivity index (χ1n) is 7.68. The number of methoxy groups -OCH3 is 1. The minimum absolute atomic E-state index is 0.0695. The molecule has 6 nitrogen and oxygen atoms in total. The van der Waals surface area contributed by atoms with Crippen molar-refractivity contribution in [2.75, 3.05) is 26.9 Å². The van der Waals surface area contributed by atoms with Crippen LogP contribution in [0.5, 0.6) is 11.5 Å². The molecule has 23 heavy (non-hydrogen) atoms. The highest BCUT2D eigenvalue weighted by Crippen LogP contribution is 2.28. The van der Waals surface area contributed by atoms with Gasteiger partial charge in [-0.05, 0) is 45.9 Å². The molecular formula is C17H27NO5. The summed E-state index contributed by atoms with van der Waals surface area (Å²) in [5.41, 5.74) is 0.325. The van der Waals surface area contributed by atoms with Gasteiger partial charge in [0, 0.05) is 12.1 Å². The lowest BCUT2D eigenvalue weighted by Gasteiger charge is -2.23. The molecule has 0 aliphatic rings. The summed E-state index contributed by atoms with van der Waals surface area (Å²) in [6.07, 6.45) is -0.649. The fourth-order valence-corrected chi connectivity index (χ4v) is 1.80. The number of nitrogens with one attached hydrogen (secondary N) is 1. The third-order valence-electron chi connectivity index (χ3n) is 2.97. The molecule has 2 N–H and O–H groups in total. The van der Waals surface area contributed by atoms with Crippen LogP contribution in [-0.4, -0.2) is 49.6 Å². The molecule has 0 saturated heterocycles. The maximum Gasteiger partial charge on any atom is 0.338 e. The monoisotopic (exact) mass is 325 g/mol. The molecule has 0 aliphatic heterocycles. The second-order valence-electron chi connectivity index (χ2n) is 6.18. The molecule has 1 aromatic carbocycles. The number of carbonyl (C=O) groups is 1. The van der Waals surface area contributed by atoms with Crippen LogP contribution in [0.1, 0.15) is 38.1 Å². The lowest BCUT2D eigenvalue weighted by atomic mass is 10.1. The molecule has 0 amide bonds. The number of esters is 1. The normalized spacial score (nSPS) is 12.6. The molecule has 1 atom stereocenters. The minimum Gasteiger partial charge on any atom is -0.493 e. The Bertz CT molecular complexity index is 510. The minimum atomic E-state index is -0.649. The van der Waals surface area contributed by atoms with Crippen LogP contribution in [0.15, 0.2) is 18.2 Å². The Hall–Kier alpha value is -1.79. The van der Waals surface area contributed by atoms with E-state index >= 15 is 0 Å². The topological polar surface area (TPSA) is 77.0 Å². The van der Waals surface area contributed by atoms with E-state index in [0.717, 1.165) is 0 Å². The molecule has 0 heterocycles. The first-order chi connectivity index (χ1) is 10.8. The molecule has 0 aliphatic carbocycles. The molecule has 0 radical (unpaired) electrons. The predicted molar refractivity (Wildman–Crippen MR) is 88.2 cm³/mol. The first kappa shape index (κ1) is 19.3. The smallest absolute Gasteiger partial charge is 0.338 e. The molecule has 0 fully saturated rings. The number of aliphatic hydroxyl groups is 1. The summed E-state index contributed by atoms with van der Waals surface area (Å²) < 4.78 is 15.8. The molecule has 1 rings (SSSR count). The number of β-amino-alcohol motifs (C(OH)–C–C–N with tert-alkyl or cyclic N) is 1. The quantitative estimate of drug-likeness (QED) is 0.712. The van der Waals surface area contributed by atoms with Crippen LogP contribution < -0.4 is 14.8 Å². The van der Waals surface area contributed by atoms with Gasteiger partial charge in [0.2, 0.25) is 0 Å². The van der Waals surface area contributed by atoms with E-state index in [1.54, 1.807) is 25.1 Å². The molecule has 130 valence electrons. The van der Waals surface area contributed by atoms with Gasteiger partial charge in [0.15, 0.2) is 11.5 Å². The maximum absolute atomic E-state index is 11.7. The number of benzene rings is 1. The van der Waals surface area contributed by atoms with E-state index in [1.165, 1.54) is 7.11 Å². The highest BCUT2D eigenvalue weighted by Gasteiger charge is 2.15. The van der Waals surface area contributed by atoms with Gasteiger partial charge in [-0.1, -0.05) is 0 Å². The van der Waals surface area contributed by atoms with E-state index in [9.17, 15) is 9.90 Å². The van der Waals surface area contributed by atoms with Gasteiger partial charge in [0.25, 0.3) is 0 Å².